The number of carbonyl (C=O) groups excluding carboxylic acids is 1. The van der Waals surface area contributed by atoms with E-state index in [-0.39, 0.29) is 11.9 Å². The molecule has 3 nitrogen and oxygen atoms in total. The van der Waals surface area contributed by atoms with Crippen molar-refractivity contribution in [2.75, 3.05) is 34.3 Å². The highest BCUT2D eigenvalue weighted by Crippen LogP contribution is 2.12. The minimum Gasteiger partial charge on any atom is -0.459 e. The molecular formula is C12H26NO2+. The van der Waals surface area contributed by atoms with Gasteiger partial charge in [-0.3, -0.25) is 4.79 Å². The number of hydrogen-bond acceptors (Lipinski definition) is 2. The van der Waals surface area contributed by atoms with Crippen molar-refractivity contribution in [1.29, 1.82) is 0 Å². The number of nitrogens with zero attached hydrogens (tertiary/aromatic N) is 1. The van der Waals surface area contributed by atoms with Gasteiger partial charge in [-0.05, 0) is 12.8 Å². The summed E-state index contributed by atoms with van der Waals surface area (Å²) in [4.78, 5) is 11.6. The van der Waals surface area contributed by atoms with Gasteiger partial charge in [-0.2, -0.15) is 0 Å². The molecule has 1 atom stereocenters. The molecule has 0 aromatic carbocycles. The van der Waals surface area contributed by atoms with Gasteiger partial charge in [0, 0.05) is 0 Å². The average molecular weight is 216 g/mol. The first kappa shape index (κ1) is 14.4. The molecule has 90 valence electrons. The summed E-state index contributed by atoms with van der Waals surface area (Å²) in [7, 11) is 6.28. The minimum absolute atomic E-state index is 0.0206. The Morgan fingerprint density at radius 3 is 2.27 bits per heavy atom. The van der Waals surface area contributed by atoms with Crippen LogP contribution in [-0.4, -0.2) is 44.7 Å². The van der Waals surface area contributed by atoms with Crippen LogP contribution in [0.2, 0.25) is 0 Å². The monoisotopic (exact) mass is 216 g/mol. The van der Waals surface area contributed by atoms with E-state index in [1.54, 1.807) is 0 Å². The van der Waals surface area contributed by atoms with E-state index in [0.717, 1.165) is 30.3 Å². The van der Waals surface area contributed by atoms with Gasteiger partial charge in [0.1, 0.15) is 13.2 Å². The van der Waals surface area contributed by atoms with Crippen molar-refractivity contribution in [1.82, 2.24) is 0 Å². The quantitative estimate of drug-likeness (QED) is 0.481. The largest absolute Gasteiger partial charge is 0.459 e. The SMILES string of the molecule is CCCC(CC)C(=O)OCC[N+](C)(C)C. The van der Waals surface area contributed by atoms with Crippen molar-refractivity contribution in [3.05, 3.63) is 0 Å². The fraction of sp³-hybridized carbons (Fsp3) is 0.917. The molecule has 0 rings (SSSR count). The number of carbonyl (C=O) groups is 1. The number of likely N-dealkylation sites (N-methyl/N-ethyl adjacent to an activating group) is 1. The Morgan fingerprint density at radius 1 is 1.27 bits per heavy atom. The van der Waals surface area contributed by atoms with Crippen molar-refractivity contribution in [3.8, 4) is 0 Å². The second-order valence-corrected chi connectivity index (χ2v) is 5.08. The van der Waals surface area contributed by atoms with Gasteiger partial charge in [-0.15, -0.1) is 0 Å². The highest BCUT2D eigenvalue weighted by molar-refractivity contribution is 5.72. The molecule has 0 N–H and O–H groups in total. The van der Waals surface area contributed by atoms with E-state index < -0.39 is 0 Å². The van der Waals surface area contributed by atoms with Gasteiger partial charge in [0.15, 0.2) is 0 Å². The van der Waals surface area contributed by atoms with Crippen LogP contribution in [-0.2, 0) is 9.53 Å². The Bertz CT molecular complexity index is 185. The average Bonchev–Trinajstić information content (AvgIpc) is 2.11. The predicted molar refractivity (Wildman–Crippen MR) is 62.5 cm³/mol. The van der Waals surface area contributed by atoms with E-state index in [2.05, 4.69) is 28.1 Å². The highest BCUT2D eigenvalue weighted by Gasteiger charge is 2.17. The van der Waals surface area contributed by atoms with Crippen LogP contribution in [0.1, 0.15) is 33.1 Å². The van der Waals surface area contributed by atoms with Crippen LogP contribution < -0.4 is 0 Å². The van der Waals surface area contributed by atoms with Crippen LogP contribution in [0, 0.1) is 5.92 Å². The van der Waals surface area contributed by atoms with Crippen molar-refractivity contribution in [3.63, 3.8) is 0 Å². The first-order valence-corrected chi connectivity index (χ1v) is 5.87. The Kier molecular flexibility index (Phi) is 6.57. The van der Waals surface area contributed by atoms with Gasteiger partial charge in [0.2, 0.25) is 0 Å². The molecular weight excluding hydrogens is 190 g/mol. The third-order valence-electron chi connectivity index (χ3n) is 2.47. The maximum absolute atomic E-state index is 11.6. The molecule has 0 aliphatic carbocycles. The third-order valence-corrected chi connectivity index (χ3v) is 2.47. The fourth-order valence-electron chi connectivity index (χ4n) is 1.38. The third kappa shape index (κ3) is 7.37. The summed E-state index contributed by atoms with van der Waals surface area (Å²) in [5, 5.41) is 0. The van der Waals surface area contributed by atoms with E-state index in [4.69, 9.17) is 4.74 Å². The van der Waals surface area contributed by atoms with Gasteiger partial charge in [0.25, 0.3) is 0 Å². The molecule has 0 bridgehead atoms. The van der Waals surface area contributed by atoms with E-state index in [9.17, 15) is 4.79 Å². The zero-order valence-corrected chi connectivity index (χ0v) is 10.9. The lowest BCUT2D eigenvalue weighted by Gasteiger charge is -2.24. The molecule has 0 saturated heterocycles. The molecule has 0 aliphatic rings. The van der Waals surface area contributed by atoms with Crippen LogP contribution in [0.5, 0.6) is 0 Å². The Morgan fingerprint density at radius 2 is 1.87 bits per heavy atom. The van der Waals surface area contributed by atoms with Crippen molar-refractivity contribution in [2.24, 2.45) is 5.92 Å². The van der Waals surface area contributed by atoms with Crippen molar-refractivity contribution < 1.29 is 14.0 Å². The summed E-state index contributed by atoms with van der Waals surface area (Å²) < 4.78 is 6.10. The van der Waals surface area contributed by atoms with Gasteiger partial charge in [-0.25, -0.2) is 0 Å². The second kappa shape index (κ2) is 6.83. The van der Waals surface area contributed by atoms with E-state index >= 15 is 0 Å². The van der Waals surface area contributed by atoms with E-state index in [1.807, 2.05) is 6.92 Å². The molecule has 0 aromatic heterocycles. The van der Waals surface area contributed by atoms with Crippen LogP contribution in [0.15, 0.2) is 0 Å². The van der Waals surface area contributed by atoms with Gasteiger partial charge < -0.3 is 9.22 Å². The predicted octanol–water partition coefficient (Wildman–Crippen LogP) is 2.06. The van der Waals surface area contributed by atoms with Crippen LogP contribution in [0.25, 0.3) is 0 Å². The summed E-state index contributed by atoms with van der Waals surface area (Å²) in [5.41, 5.74) is 0. The first-order chi connectivity index (χ1) is 6.90. The highest BCUT2D eigenvalue weighted by atomic mass is 16.5. The smallest absolute Gasteiger partial charge is 0.309 e. The van der Waals surface area contributed by atoms with Crippen LogP contribution in [0.4, 0.5) is 0 Å². The van der Waals surface area contributed by atoms with Gasteiger partial charge in [0.05, 0.1) is 27.1 Å². The van der Waals surface area contributed by atoms with Crippen molar-refractivity contribution >= 4 is 5.97 Å². The Hall–Kier alpha value is -0.570. The standard InChI is InChI=1S/C12H26NO2/c1-6-8-11(7-2)12(14)15-10-9-13(3,4)5/h11H,6-10H2,1-5H3/q+1. The summed E-state index contributed by atoms with van der Waals surface area (Å²) in [6.07, 6.45) is 2.87. The number of rotatable bonds is 7. The lowest BCUT2D eigenvalue weighted by atomic mass is 10.0. The summed E-state index contributed by atoms with van der Waals surface area (Å²) in [6, 6.07) is 0. The van der Waals surface area contributed by atoms with Crippen molar-refractivity contribution in [2.45, 2.75) is 33.1 Å². The van der Waals surface area contributed by atoms with Gasteiger partial charge >= 0.3 is 5.97 Å². The Balaban J connectivity index is 3.81. The molecule has 0 saturated carbocycles. The second-order valence-electron chi connectivity index (χ2n) is 5.08. The summed E-state index contributed by atoms with van der Waals surface area (Å²) in [6.45, 7) is 5.54. The van der Waals surface area contributed by atoms with E-state index in [0.29, 0.717) is 6.61 Å². The maximum atomic E-state index is 11.6. The van der Waals surface area contributed by atoms with Crippen LogP contribution >= 0.6 is 0 Å². The molecule has 0 radical (unpaired) electrons. The van der Waals surface area contributed by atoms with Crippen LogP contribution in [0.3, 0.4) is 0 Å². The fourth-order valence-corrected chi connectivity index (χ4v) is 1.38. The molecule has 0 heterocycles. The number of quaternary nitrogens is 1. The zero-order chi connectivity index (χ0) is 11.9. The molecule has 0 aliphatic heterocycles. The van der Waals surface area contributed by atoms with Gasteiger partial charge in [-0.1, -0.05) is 20.3 Å². The Labute approximate surface area is 94.0 Å². The molecule has 0 amide bonds. The number of esters is 1. The number of ether oxygens (including phenoxy) is 1. The summed E-state index contributed by atoms with van der Waals surface area (Å²) in [5.74, 6) is 0.0790. The molecule has 3 heteroatoms. The molecule has 0 fully saturated rings. The molecule has 1 unspecified atom stereocenters. The topological polar surface area (TPSA) is 26.3 Å². The molecule has 0 aromatic rings. The lowest BCUT2D eigenvalue weighted by Crippen LogP contribution is -2.38. The normalized spacial score (nSPS) is 13.7. The first-order valence-electron chi connectivity index (χ1n) is 5.87. The lowest BCUT2D eigenvalue weighted by molar-refractivity contribution is -0.870. The minimum atomic E-state index is -0.0206. The maximum Gasteiger partial charge on any atom is 0.309 e. The zero-order valence-electron chi connectivity index (χ0n) is 10.9. The number of hydrogen-bond donors (Lipinski definition) is 0. The summed E-state index contributed by atoms with van der Waals surface area (Å²) >= 11 is 0. The van der Waals surface area contributed by atoms with E-state index in [1.165, 1.54) is 0 Å². The molecule has 15 heavy (non-hydrogen) atoms. The molecule has 0 spiro atoms.